The van der Waals surface area contributed by atoms with Crippen molar-refractivity contribution in [2.24, 2.45) is 0 Å². The highest BCUT2D eigenvalue weighted by Crippen LogP contribution is 2.22. The van der Waals surface area contributed by atoms with E-state index in [4.69, 9.17) is 11.6 Å². The summed E-state index contributed by atoms with van der Waals surface area (Å²) in [7, 11) is 0. The fourth-order valence-corrected chi connectivity index (χ4v) is 2.36. The summed E-state index contributed by atoms with van der Waals surface area (Å²) in [5.74, 6) is 0. The van der Waals surface area contributed by atoms with Crippen LogP contribution >= 0.6 is 11.6 Å². The first-order valence-electron chi connectivity index (χ1n) is 6.10. The third-order valence-corrected chi connectivity index (χ3v) is 3.46. The summed E-state index contributed by atoms with van der Waals surface area (Å²) >= 11 is 6.16. The van der Waals surface area contributed by atoms with Crippen LogP contribution in [0.3, 0.4) is 0 Å². The lowest BCUT2D eigenvalue weighted by atomic mass is 10.1. The Bertz CT molecular complexity index is 434. The van der Waals surface area contributed by atoms with Gasteiger partial charge in [0, 0.05) is 11.1 Å². The number of benzene rings is 1. The van der Waals surface area contributed by atoms with Crippen LogP contribution in [0.4, 0.5) is 0 Å². The topological polar surface area (TPSA) is 12.0 Å². The molecule has 1 N–H and O–H groups in total. The molecule has 0 radical (unpaired) electrons. The molecule has 0 heterocycles. The molecule has 0 amide bonds. The zero-order valence-corrected chi connectivity index (χ0v) is 10.9. The molecule has 2 rings (SSSR count). The first kappa shape index (κ1) is 12.4. The van der Waals surface area contributed by atoms with Crippen LogP contribution in [0.2, 0.25) is 5.02 Å². The van der Waals surface area contributed by atoms with Crippen molar-refractivity contribution in [2.75, 3.05) is 6.54 Å². The minimum atomic E-state index is 0.304. The Morgan fingerprint density at radius 2 is 2.18 bits per heavy atom. The number of halogens is 1. The highest BCUT2D eigenvalue weighted by molar-refractivity contribution is 6.31. The maximum atomic E-state index is 6.16. The van der Waals surface area contributed by atoms with Crippen molar-refractivity contribution in [1.82, 2.24) is 5.32 Å². The molecule has 17 heavy (non-hydrogen) atoms. The van der Waals surface area contributed by atoms with Crippen molar-refractivity contribution in [3.8, 4) is 0 Å². The van der Waals surface area contributed by atoms with E-state index in [0.29, 0.717) is 6.04 Å². The monoisotopic (exact) mass is 247 g/mol. The van der Waals surface area contributed by atoms with E-state index >= 15 is 0 Å². The van der Waals surface area contributed by atoms with Gasteiger partial charge in [0.05, 0.1) is 0 Å². The van der Waals surface area contributed by atoms with Crippen LogP contribution in [0.5, 0.6) is 0 Å². The first-order chi connectivity index (χ1) is 8.27. The Morgan fingerprint density at radius 1 is 1.35 bits per heavy atom. The number of rotatable bonds is 5. The Balaban J connectivity index is 1.81. The SMILES string of the molecule is CC(NCCC1=CC=CC1)c1ccccc1Cl. The largest absolute Gasteiger partial charge is 0.310 e. The molecule has 0 fully saturated rings. The molecule has 1 aromatic carbocycles. The molecule has 1 atom stereocenters. The van der Waals surface area contributed by atoms with E-state index in [2.05, 4.69) is 36.5 Å². The molecule has 1 unspecified atom stereocenters. The molecule has 0 saturated carbocycles. The Hall–Kier alpha value is -1.05. The number of allylic oxidation sites excluding steroid dienone is 3. The third kappa shape index (κ3) is 3.45. The van der Waals surface area contributed by atoms with Crippen molar-refractivity contribution >= 4 is 11.6 Å². The summed E-state index contributed by atoms with van der Waals surface area (Å²) in [5.41, 5.74) is 2.68. The lowest BCUT2D eigenvalue weighted by Gasteiger charge is -2.15. The van der Waals surface area contributed by atoms with E-state index in [-0.39, 0.29) is 0 Å². The van der Waals surface area contributed by atoms with Crippen molar-refractivity contribution in [2.45, 2.75) is 25.8 Å². The van der Waals surface area contributed by atoms with Gasteiger partial charge in [-0.25, -0.2) is 0 Å². The maximum absolute atomic E-state index is 6.16. The molecule has 90 valence electrons. The van der Waals surface area contributed by atoms with E-state index < -0.39 is 0 Å². The van der Waals surface area contributed by atoms with Crippen LogP contribution in [-0.4, -0.2) is 6.54 Å². The Labute approximate surface area is 108 Å². The van der Waals surface area contributed by atoms with Crippen LogP contribution in [0.1, 0.15) is 31.4 Å². The van der Waals surface area contributed by atoms with Crippen LogP contribution in [0.25, 0.3) is 0 Å². The van der Waals surface area contributed by atoms with E-state index in [9.17, 15) is 0 Å². The molecule has 1 aromatic rings. The standard InChI is InChI=1S/C15H18ClN/c1-12(14-8-4-5-9-15(14)16)17-11-10-13-6-2-3-7-13/h2-6,8-9,12,17H,7,10-11H2,1H3. The predicted octanol–water partition coefficient (Wildman–Crippen LogP) is 4.27. The molecule has 0 spiro atoms. The predicted molar refractivity (Wildman–Crippen MR) is 74.3 cm³/mol. The zero-order chi connectivity index (χ0) is 12.1. The second-order valence-corrected chi connectivity index (χ2v) is 4.81. The molecule has 2 heteroatoms. The van der Waals surface area contributed by atoms with Gasteiger partial charge in [-0.05, 0) is 37.9 Å². The van der Waals surface area contributed by atoms with E-state index in [0.717, 1.165) is 24.4 Å². The van der Waals surface area contributed by atoms with Gasteiger partial charge in [-0.15, -0.1) is 0 Å². The normalized spacial score (nSPS) is 16.0. The minimum absolute atomic E-state index is 0.304. The molecule has 1 nitrogen and oxygen atoms in total. The van der Waals surface area contributed by atoms with Gasteiger partial charge in [-0.1, -0.05) is 53.6 Å². The van der Waals surface area contributed by atoms with Gasteiger partial charge in [0.25, 0.3) is 0 Å². The van der Waals surface area contributed by atoms with Gasteiger partial charge in [0.1, 0.15) is 0 Å². The first-order valence-corrected chi connectivity index (χ1v) is 6.47. The molecule has 0 aliphatic heterocycles. The van der Waals surface area contributed by atoms with E-state index in [1.54, 1.807) is 0 Å². The van der Waals surface area contributed by atoms with E-state index in [1.807, 2.05) is 18.2 Å². The highest BCUT2D eigenvalue weighted by atomic mass is 35.5. The summed E-state index contributed by atoms with van der Waals surface area (Å²) in [4.78, 5) is 0. The Morgan fingerprint density at radius 3 is 2.88 bits per heavy atom. The third-order valence-electron chi connectivity index (χ3n) is 3.12. The number of hydrogen-bond donors (Lipinski definition) is 1. The lowest BCUT2D eigenvalue weighted by molar-refractivity contribution is 0.574. The van der Waals surface area contributed by atoms with E-state index in [1.165, 1.54) is 11.1 Å². The van der Waals surface area contributed by atoms with Gasteiger partial charge >= 0.3 is 0 Å². The van der Waals surface area contributed by atoms with Gasteiger partial charge in [0.15, 0.2) is 0 Å². The average molecular weight is 248 g/mol. The minimum Gasteiger partial charge on any atom is -0.310 e. The highest BCUT2D eigenvalue weighted by Gasteiger charge is 2.08. The maximum Gasteiger partial charge on any atom is 0.0453 e. The molecule has 0 aromatic heterocycles. The van der Waals surface area contributed by atoms with Crippen molar-refractivity contribution in [3.63, 3.8) is 0 Å². The molecule has 1 aliphatic carbocycles. The van der Waals surface area contributed by atoms with Crippen LogP contribution in [-0.2, 0) is 0 Å². The number of nitrogens with one attached hydrogen (secondary N) is 1. The summed E-state index contributed by atoms with van der Waals surface area (Å²) in [5, 5.41) is 4.36. The smallest absolute Gasteiger partial charge is 0.0453 e. The lowest BCUT2D eigenvalue weighted by Crippen LogP contribution is -2.20. The van der Waals surface area contributed by atoms with Crippen molar-refractivity contribution in [1.29, 1.82) is 0 Å². The van der Waals surface area contributed by atoms with Gasteiger partial charge < -0.3 is 5.32 Å². The second kappa shape index (κ2) is 6.04. The summed E-state index contributed by atoms with van der Waals surface area (Å²) in [6, 6.07) is 8.32. The molecular weight excluding hydrogens is 230 g/mol. The van der Waals surface area contributed by atoms with Crippen LogP contribution < -0.4 is 5.32 Å². The molecule has 1 aliphatic rings. The molecule has 0 saturated heterocycles. The van der Waals surface area contributed by atoms with Crippen LogP contribution in [0.15, 0.2) is 48.1 Å². The van der Waals surface area contributed by atoms with Gasteiger partial charge in [-0.2, -0.15) is 0 Å². The second-order valence-electron chi connectivity index (χ2n) is 4.40. The van der Waals surface area contributed by atoms with Crippen LogP contribution in [0, 0.1) is 0 Å². The van der Waals surface area contributed by atoms with Gasteiger partial charge in [0.2, 0.25) is 0 Å². The summed E-state index contributed by atoms with van der Waals surface area (Å²) in [6.07, 6.45) is 8.77. The number of hydrogen-bond acceptors (Lipinski definition) is 1. The average Bonchev–Trinajstić information content (AvgIpc) is 2.82. The molecular formula is C15H18ClN. The molecule has 0 bridgehead atoms. The summed E-state index contributed by atoms with van der Waals surface area (Å²) < 4.78 is 0. The van der Waals surface area contributed by atoms with Gasteiger partial charge in [-0.3, -0.25) is 0 Å². The van der Waals surface area contributed by atoms with Crippen molar-refractivity contribution < 1.29 is 0 Å². The summed E-state index contributed by atoms with van der Waals surface area (Å²) in [6.45, 7) is 3.16. The fraction of sp³-hybridized carbons (Fsp3) is 0.333. The van der Waals surface area contributed by atoms with Crippen molar-refractivity contribution in [3.05, 3.63) is 58.7 Å². The fourth-order valence-electron chi connectivity index (χ4n) is 2.06. The zero-order valence-electron chi connectivity index (χ0n) is 10.1. The Kier molecular flexibility index (Phi) is 4.41. The quantitative estimate of drug-likeness (QED) is 0.820.